The second kappa shape index (κ2) is 12.2. The number of carbonyl (C=O) groups excluding carboxylic acids is 1. The van der Waals surface area contributed by atoms with Crippen molar-refractivity contribution in [3.63, 3.8) is 0 Å². The highest BCUT2D eigenvalue weighted by molar-refractivity contribution is 5.86. The fourth-order valence-electron chi connectivity index (χ4n) is 3.81. The Balaban J connectivity index is 1.63. The van der Waals surface area contributed by atoms with Gasteiger partial charge in [0, 0.05) is 42.9 Å². The molecule has 4 aromatic rings. The van der Waals surface area contributed by atoms with Crippen LogP contribution in [0.5, 0.6) is 11.5 Å². The Morgan fingerprint density at radius 2 is 1.95 bits per heavy atom. The lowest BCUT2D eigenvalue weighted by molar-refractivity contribution is -0.135. The van der Waals surface area contributed by atoms with Gasteiger partial charge < -0.3 is 24.8 Å². The van der Waals surface area contributed by atoms with Crippen LogP contribution >= 0.6 is 0 Å². The first-order valence-electron chi connectivity index (χ1n) is 12.3. The molecule has 10 nitrogen and oxygen atoms in total. The molecule has 0 aliphatic carbocycles. The van der Waals surface area contributed by atoms with Crippen LogP contribution in [0.3, 0.4) is 0 Å². The van der Waals surface area contributed by atoms with Crippen molar-refractivity contribution in [2.24, 2.45) is 0 Å². The predicted octanol–water partition coefficient (Wildman–Crippen LogP) is 3.22. The minimum atomic E-state index is -1.40. The molecule has 2 aromatic heterocycles. The summed E-state index contributed by atoms with van der Waals surface area (Å²) in [7, 11) is 4.84. The van der Waals surface area contributed by atoms with Crippen molar-refractivity contribution < 1.29 is 19.4 Å². The largest absolute Gasteiger partial charge is 0.497 e. The zero-order chi connectivity index (χ0) is 27.9. The lowest BCUT2D eigenvalue weighted by Crippen LogP contribution is -2.35. The molecule has 0 radical (unpaired) electrons. The number of methoxy groups -OCH3 is 2. The van der Waals surface area contributed by atoms with Gasteiger partial charge in [-0.15, -0.1) is 0 Å². The van der Waals surface area contributed by atoms with Crippen molar-refractivity contribution in [3.8, 4) is 34.7 Å². The minimum Gasteiger partial charge on any atom is -0.497 e. The van der Waals surface area contributed by atoms with Gasteiger partial charge in [0.2, 0.25) is 0 Å². The summed E-state index contributed by atoms with van der Waals surface area (Å²) in [6.45, 7) is 4.71. The lowest BCUT2D eigenvalue weighted by atomic mass is 10.0. The van der Waals surface area contributed by atoms with Gasteiger partial charge in [0.15, 0.2) is 17.7 Å². The van der Waals surface area contributed by atoms with Crippen LogP contribution in [-0.2, 0) is 11.3 Å². The molecule has 2 heterocycles. The summed E-state index contributed by atoms with van der Waals surface area (Å²) in [6.07, 6.45) is 1.72. The maximum Gasteiger partial charge on any atom is 0.263 e. The number of aliphatic hydroxyl groups excluding tert-OH is 1. The van der Waals surface area contributed by atoms with E-state index in [0.717, 1.165) is 16.7 Å². The van der Waals surface area contributed by atoms with Gasteiger partial charge in [0.25, 0.3) is 5.91 Å². The molecule has 2 N–H and O–H groups in total. The van der Waals surface area contributed by atoms with Crippen LogP contribution < -0.4 is 14.8 Å². The van der Waals surface area contributed by atoms with Crippen LogP contribution in [0.15, 0.2) is 48.9 Å². The molecule has 0 saturated carbocycles. The molecular formula is C29H30N6O4. The van der Waals surface area contributed by atoms with Gasteiger partial charge >= 0.3 is 0 Å². The number of aryl methyl sites for hydroxylation is 1. The number of likely N-dealkylation sites (N-methyl/N-ethyl adjacent to an activating group) is 1. The number of aliphatic hydroxyl groups is 1. The number of ether oxygens (including phenoxy) is 2. The van der Waals surface area contributed by atoms with E-state index in [9.17, 15) is 9.90 Å². The number of aromatic nitrogens is 4. The molecule has 0 spiro atoms. The van der Waals surface area contributed by atoms with Crippen LogP contribution in [0.25, 0.3) is 22.4 Å². The predicted molar refractivity (Wildman–Crippen MR) is 148 cm³/mol. The van der Waals surface area contributed by atoms with Crippen LogP contribution in [0.1, 0.15) is 23.6 Å². The van der Waals surface area contributed by atoms with Gasteiger partial charge in [0.1, 0.15) is 28.9 Å². The molecule has 0 bridgehead atoms. The van der Waals surface area contributed by atoms with Crippen molar-refractivity contribution >= 4 is 22.8 Å². The van der Waals surface area contributed by atoms with Crippen molar-refractivity contribution in [1.82, 2.24) is 24.8 Å². The first kappa shape index (κ1) is 27.3. The monoisotopic (exact) mass is 526 g/mol. The Kier molecular flexibility index (Phi) is 8.53. The summed E-state index contributed by atoms with van der Waals surface area (Å²) >= 11 is 0. The first-order chi connectivity index (χ1) is 18.8. The van der Waals surface area contributed by atoms with Gasteiger partial charge in [-0.3, -0.25) is 4.79 Å². The zero-order valence-corrected chi connectivity index (χ0v) is 22.5. The highest BCUT2D eigenvalue weighted by Crippen LogP contribution is 2.27. The number of rotatable bonds is 8. The number of nitrogens with one attached hydrogen (secondary N) is 1. The molecule has 200 valence electrons. The molecule has 0 unspecified atom stereocenters. The SMILES string of the molecule is CCN(C)C(=O)[C@H](O)C#Cc1ccc(C)c(-c2ncc3ncnc(NCc4ccc(OC)cc4OC)c3n2)c1. The smallest absolute Gasteiger partial charge is 0.263 e. The van der Waals surface area contributed by atoms with E-state index < -0.39 is 12.0 Å². The number of anilines is 1. The van der Waals surface area contributed by atoms with E-state index in [2.05, 4.69) is 32.1 Å². The zero-order valence-electron chi connectivity index (χ0n) is 22.5. The van der Waals surface area contributed by atoms with Crippen LogP contribution in [0.4, 0.5) is 5.82 Å². The van der Waals surface area contributed by atoms with Crippen molar-refractivity contribution in [3.05, 3.63) is 65.6 Å². The van der Waals surface area contributed by atoms with Crippen LogP contribution in [-0.4, -0.2) is 69.8 Å². The molecule has 1 amide bonds. The maximum absolute atomic E-state index is 12.1. The summed E-state index contributed by atoms with van der Waals surface area (Å²) in [4.78, 5) is 31.6. The Labute approximate surface area is 227 Å². The van der Waals surface area contributed by atoms with E-state index in [1.807, 2.05) is 50.2 Å². The average molecular weight is 527 g/mol. The highest BCUT2D eigenvalue weighted by atomic mass is 16.5. The molecule has 1 atom stereocenters. The summed E-state index contributed by atoms with van der Waals surface area (Å²) in [5.74, 6) is 7.50. The van der Waals surface area contributed by atoms with Crippen molar-refractivity contribution in [1.29, 1.82) is 0 Å². The van der Waals surface area contributed by atoms with E-state index in [1.165, 1.54) is 11.2 Å². The number of carbonyl (C=O) groups is 1. The maximum atomic E-state index is 12.1. The highest BCUT2D eigenvalue weighted by Gasteiger charge is 2.16. The number of amides is 1. The van der Waals surface area contributed by atoms with E-state index in [-0.39, 0.29) is 0 Å². The van der Waals surface area contributed by atoms with E-state index >= 15 is 0 Å². The normalized spacial score (nSPS) is 11.3. The second-order valence-electron chi connectivity index (χ2n) is 8.74. The number of hydrogen-bond acceptors (Lipinski definition) is 9. The number of fused-ring (bicyclic) bond motifs is 1. The third kappa shape index (κ3) is 6.22. The number of nitrogens with zero attached hydrogens (tertiary/aromatic N) is 5. The minimum absolute atomic E-state index is 0.441. The first-order valence-corrected chi connectivity index (χ1v) is 12.3. The molecule has 0 saturated heterocycles. The number of benzene rings is 2. The summed E-state index contributed by atoms with van der Waals surface area (Å²) in [5.41, 5.74) is 4.41. The molecule has 2 aromatic carbocycles. The van der Waals surface area contributed by atoms with Crippen molar-refractivity contribution in [2.45, 2.75) is 26.5 Å². The van der Waals surface area contributed by atoms with Gasteiger partial charge in [-0.05, 0) is 43.7 Å². The standard InChI is InChI=1S/C29H30N6O4/c1-6-35(3)29(37)24(36)12-9-19-8-7-18(2)22(13-19)27-31-16-23-26(34-27)28(33-17-32-23)30-15-20-10-11-21(38-4)14-25(20)39-5/h7-8,10-11,13-14,16-17,24,36H,6,15H2,1-5H3,(H,30,32,33)/t24-/m1/s1. The van der Waals surface area contributed by atoms with E-state index in [4.69, 9.17) is 14.5 Å². The fraction of sp³-hybridized carbons (Fsp3) is 0.276. The number of hydrogen-bond donors (Lipinski definition) is 2. The second-order valence-corrected chi connectivity index (χ2v) is 8.74. The van der Waals surface area contributed by atoms with Gasteiger partial charge in [-0.25, -0.2) is 19.9 Å². The molecular weight excluding hydrogens is 496 g/mol. The van der Waals surface area contributed by atoms with E-state index in [0.29, 0.717) is 52.8 Å². The Bertz CT molecular complexity index is 1560. The Hall–Kier alpha value is -4.75. The summed E-state index contributed by atoms with van der Waals surface area (Å²) in [5, 5.41) is 13.5. The molecule has 0 aliphatic rings. The molecule has 0 aliphatic heterocycles. The van der Waals surface area contributed by atoms with Gasteiger partial charge in [0.05, 0.1) is 20.4 Å². The molecule has 39 heavy (non-hydrogen) atoms. The van der Waals surface area contributed by atoms with Gasteiger partial charge in [-0.2, -0.15) is 0 Å². The van der Waals surface area contributed by atoms with Crippen molar-refractivity contribution in [2.75, 3.05) is 33.1 Å². The molecule has 10 heteroatoms. The lowest BCUT2D eigenvalue weighted by Gasteiger charge is -2.15. The Morgan fingerprint density at radius 3 is 2.69 bits per heavy atom. The van der Waals surface area contributed by atoms with Gasteiger partial charge in [-0.1, -0.05) is 17.9 Å². The third-order valence-corrected chi connectivity index (χ3v) is 6.23. The fourth-order valence-corrected chi connectivity index (χ4v) is 3.81. The van der Waals surface area contributed by atoms with Crippen LogP contribution in [0, 0.1) is 18.8 Å². The molecule has 4 rings (SSSR count). The van der Waals surface area contributed by atoms with Crippen LogP contribution in [0.2, 0.25) is 0 Å². The molecule has 0 fully saturated rings. The third-order valence-electron chi connectivity index (χ3n) is 6.23. The average Bonchev–Trinajstić information content (AvgIpc) is 2.98. The summed E-state index contributed by atoms with van der Waals surface area (Å²) in [6, 6.07) is 11.2. The van der Waals surface area contributed by atoms with E-state index in [1.54, 1.807) is 27.5 Å². The topological polar surface area (TPSA) is 123 Å². The summed E-state index contributed by atoms with van der Waals surface area (Å²) < 4.78 is 10.8. The quantitative estimate of drug-likeness (QED) is 0.333. The Morgan fingerprint density at radius 1 is 1.13 bits per heavy atom.